The molecule has 5 nitrogen and oxygen atoms in total. The molecule has 4 rings (SSSR count). The van der Waals surface area contributed by atoms with Crippen LogP contribution in [0.15, 0.2) is 35.4 Å². The number of hydrogen-bond acceptors (Lipinski definition) is 5. The second-order valence-corrected chi connectivity index (χ2v) is 7.53. The van der Waals surface area contributed by atoms with Crippen molar-refractivity contribution >= 4 is 46.0 Å². The van der Waals surface area contributed by atoms with E-state index in [1.165, 1.54) is 23.1 Å². The van der Waals surface area contributed by atoms with Gasteiger partial charge in [0.15, 0.2) is 0 Å². The predicted octanol–water partition coefficient (Wildman–Crippen LogP) is 4.21. The van der Waals surface area contributed by atoms with Crippen LogP contribution >= 0.6 is 22.9 Å². The van der Waals surface area contributed by atoms with Gasteiger partial charge in [-0.1, -0.05) is 11.6 Å². The lowest BCUT2D eigenvalue weighted by Gasteiger charge is -2.04. The SMILES string of the molecule is COc1ccc2nc(Cl)c(/C=N\NC(=O)c3cc4c(s3)CCC4)cc2c1. The maximum atomic E-state index is 12.2. The molecule has 0 radical (unpaired) electrons. The van der Waals surface area contributed by atoms with Gasteiger partial charge in [-0.3, -0.25) is 4.79 Å². The number of methoxy groups -OCH3 is 1. The summed E-state index contributed by atoms with van der Waals surface area (Å²) in [5.41, 5.74) is 5.25. The molecule has 0 saturated heterocycles. The van der Waals surface area contributed by atoms with E-state index in [0.717, 1.165) is 29.5 Å². The number of thiophene rings is 1. The van der Waals surface area contributed by atoms with Crippen LogP contribution in [0.2, 0.25) is 5.15 Å². The van der Waals surface area contributed by atoms with Gasteiger partial charge in [-0.15, -0.1) is 11.3 Å². The number of carbonyl (C=O) groups is 1. The normalized spacial score (nSPS) is 13.3. The number of hydrogen-bond donors (Lipinski definition) is 1. The van der Waals surface area contributed by atoms with Crippen LogP contribution in [0.4, 0.5) is 0 Å². The van der Waals surface area contributed by atoms with Crippen molar-refractivity contribution in [1.29, 1.82) is 0 Å². The van der Waals surface area contributed by atoms with Crippen molar-refractivity contribution in [1.82, 2.24) is 10.4 Å². The van der Waals surface area contributed by atoms with E-state index < -0.39 is 0 Å². The minimum absolute atomic E-state index is 0.202. The van der Waals surface area contributed by atoms with E-state index in [-0.39, 0.29) is 5.91 Å². The topological polar surface area (TPSA) is 63.6 Å². The van der Waals surface area contributed by atoms with Crippen LogP contribution in [-0.2, 0) is 12.8 Å². The van der Waals surface area contributed by atoms with Crippen LogP contribution in [0.25, 0.3) is 10.9 Å². The molecule has 0 unspecified atom stereocenters. The molecule has 0 aliphatic heterocycles. The largest absolute Gasteiger partial charge is 0.497 e. The number of nitrogens with zero attached hydrogens (tertiary/aromatic N) is 2. The number of benzene rings is 1. The fourth-order valence-corrected chi connectivity index (χ4v) is 4.36. The Labute approximate surface area is 159 Å². The number of ether oxygens (including phenoxy) is 1. The summed E-state index contributed by atoms with van der Waals surface area (Å²) in [4.78, 5) is 18.6. The van der Waals surface area contributed by atoms with Gasteiger partial charge in [-0.25, -0.2) is 10.4 Å². The minimum Gasteiger partial charge on any atom is -0.497 e. The zero-order valence-electron chi connectivity index (χ0n) is 14.1. The Morgan fingerprint density at radius 3 is 3.04 bits per heavy atom. The molecule has 2 aromatic heterocycles. The number of rotatable bonds is 4. The van der Waals surface area contributed by atoms with E-state index in [4.69, 9.17) is 16.3 Å². The van der Waals surface area contributed by atoms with Crippen molar-refractivity contribution < 1.29 is 9.53 Å². The van der Waals surface area contributed by atoms with Crippen molar-refractivity contribution in [2.24, 2.45) is 5.10 Å². The van der Waals surface area contributed by atoms with Gasteiger partial charge in [0.05, 0.1) is 23.7 Å². The fraction of sp³-hybridized carbons (Fsp3) is 0.211. The van der Waals surface area contributed by atoms with Gasteiger partial charge in [0.2, 0.25) is 0 Å². The van der Waals surface area contributed by atoms with Gasteiger partial charge >= 0.3 is 0 Å². The maximum Gasteiger partial charge on any atom is 0.281 e. The van der Waals surface area contributed by atoms with Gasteiger partial charge in [-0.2, -0.15) is 5.10 Å². The summed E-state index contributed by atoms with van der Waals surface area (Å²) in [7, 11) is 1.61. The lowest BCUT2D eigenvalue weighted by atomic mass is 10.1. The first kappa shape index (κ1) is 17.0. The Morgan fingerprint density at radius 2 is 2.23 bits per heavy atom. The molecule has 1 N–H and O–H groups in total. The second-order valence-electron chi connectivity index (χ2n) is 6.04. The maximum absolute atomic E-state index is 12.2. The molecule has 0 saturated carbocycles. The van der Waals surface area contributed by atoms with Crippen LogP contribution in [0, 0.1) is 0 Å². The number of hydrazone groups is 1. The van der Waals surface area contributed by atoms with Crippen molar-refractivity contribution in [3.63, 3.8) is 0 Å². The number of amides is 1. The predicted molar refractivity (Wildman–Crippen MR) is 105 cm³/mol. The van der Waals surface area contributed by atoms with Gasteiger partial charge in [-0.05, 0) is 55.2 Å². The lowest BCUT2D eigenvalue weighted by molar-refractivity contribution is 0.0959. The summed E-state index contributed by atoms with van der Waals surface area (Å²) in [5.74, 6) is 0.538. The third-order valence-electron chi connectivity index (χ3n) is 4.34. The minimum atomic E-state index is -0.202. The Bertz CT molecular complexity index is 1010. The molecular formula is C19H16ClN3O2S. The molecule has 1 amide bonds. The number of aryl methyl sites for hydroxylation is 2. The van der Waals surface area contributed by atoms with E-state index >= 15 is 0 Å². The van der Waals surface area contributed by atoms with Crippen molar-refractivity contribution in [3.8, 4) is 5.75 Å². The Hall–Kier alpha value is -2.44. The van der Waals surface area contributed by atoms with Crippen LogP contribution < -0.4 is 10.2 Å². The molecule has 26 heavy (non-hydrogen) atoms. The van der Waals surface area contributed by atoms with Gasteiger partial charge in [0, 0.05) is 15.8 Å². The monoisotopic (exact) mass is 385 g/mol. The first-order valence-electron chi connectivity index (χ1n) is 8.23. The third kappa shape index (κ3) is 3.30. The zero-order chi connectivity index (χ0) is 18.1. The number of nitrogens with one attached hydrogen (secondary N) is 1. The summed E-state index contributed by atoms with van der Waals surface area (Å²) in [5, 5.41) is 5.25. The molecule has 7 heteroatoms. The van der Waals surface area contributed by atoms with Gasteiger partial charge in [0.25, 0.3) is 5.91 Å². The second kappa shape index (κ2) is 7.05. The fourth-order valence-electron chi connectivity index (χ4n) is 3.02. The first-order valence-corrected chi connectivity index (χ1v) is 9.43. The molecule has 0 spiro atoms. The average Bonchev–Trinajstić information content (AvgIpc) is 3.23. The van der Waals surface area contributed by atoms with Crippen LogP contribution in [0.5, 0.6) is 5.75 Å². The number of halogens is 1. The Balaban J connectivity index is 1.52. The summed E-state index contributed by atoms with van der Waals surface area (Å²) >= 11 is 7.76. The molecule has 2 heterocycles. The van der Waals surface area contributed by atoms with E-state index in [1.54, 1.807) is 18.4 Å². The molecular weight excluding hydrogens is 370 g/mol. The van der Waals surface area contributed by atoms with Gasteiger partial charge in [0.1, 0.15) is 10.9 Å². The van der Waals surface area contributed by atoms with Crippen molar-refractivity contribution in [3.05, 3.63) is 56.4 Å². The number of carbonyl (C=O) groups excluding carboxylic acids is 1. The van der Waals surface area contributed by atoms with Crippen LogP contribution in [0.1, 0.15) is 32.1 Å². The number of aromatic nitrogens is 1. The molecule has 132 valence electrons. The quantitative estimate of drug-likeness (QED) is 0.415. The third-order valence-corrected chi connectivity index (χ3v) is 5.88. The first-order chi connectivity index (χ1) is 12.6. The van der Waals surface area contributed by atoms with E-state index in [1.807, 2.05) is 30.3 Å². The van der Waals surface area contributed by atoms with Crippen molar-refractivity contribution in [2.75, 3.05) is 7.11 Å². The average molecular weight is 386 g/mol. The molecule has 0 bridgehead atoms. The lowest BCUT2D eigenvalue weighted by Crippen LogP contribution is -2.16. The summed E-state index contributed by atoms with van der Waals surface area (Å²) < 4.78 is 5.23. The number of fused-ring (bicyclic) bond motifs is 2. The van der Waals surface area contributed by atoms with Gasteiger partial charge < -0.3 is 4.74 Å². The Kier molecular flexibility index (Phi) is 4.61. The molecule has 1 aliphatic rings. The molecule has 3 aromatic rings. The van der Waals surface area contributed by atoms with E-state index in [2.05, 4.69) is 15.5 Å². The van der Waals surface area contributed by atoms with E-state index in [9.17, 15) is 4.79 Å². The zero-order valence-corrected chi connectivity index (χ0v) is 15.7. The molecule has 0 fully saturated rings. The van der Waals surface area contributed by atoms with Crippen molar-refractivity contribution in [2.45, 2.75) is 19.3 Å². The summed E-state index contributed by atoms with van der Waals surface area (Å²) in [6, 6.07) is 9.38. The molecule has 0 atom stereocenters. The van der Waals surface area contributed by atoms with Crippen LogP contribution in [0.3, 0.4) is 0 Å². The summed E-state index contributed by atoms with van der Waals surface area (Å²) in [6.45, 7) is 0. The highest BCUT2D eigenvalue weighted by Crippen LogP contribution is 2.30. The standard InChI is InChI=1S/C19H16ClN3O2S/c1-25-14-5-6-15-12(8-14)7-13(18(20)22-15)10-21-23-19(24)17-9-11-3-2-4-16(11)26-17/h5-10H,2-4H2,1H3,(H,23,24)/b21-10-. The molecule has 1 aliphatic carbocycles. The highest BCUT2D eigenvalue weighted by molar-refractivity contribution is 7.14. The smallest absolute Gasteiger partial charge is 0.281 e. The summed E-state index contributed by atoms with van der Waals surface area (Å²) in [6.07, 6.45) is 4.81. The highest BCUT2D eigenvalue weighted by atomic mass is 35.5. The van der Waals surface area contributed by atoms with E-state index in [0.29, 0.717) is 15.6 Å². The number of pyridine rings is 1. The van der Waals surface area contributed by atoms with Crippen LogP contribution in [-0.4, -0.2) is 24.2 Å². The Morgan fingerprint density at radius 1 is 1.35 bits per heavy atom. The molecule has 1 aromatic carbocycles. The highest BCUT2D eigenvalue weighted by Gasteiger charge is 2.18.